The lowest BCUT2D eigenvalue weighted by Gasteiger charge is -2.38. The van der Waals surface area contributed by atoms with Gasteiger partial charge in [-0.1, -0.05) is 11.6 Å². The Bertz CT molecular complexity index is 341. The summed E-state index contributed by atoms with van der Waals surface area (Å²) >= 11 is 7.28. The van der Waals surface area contributed by atoms with E-state index >= 15 is 0 Å². The van der Waals surface area contributed by atoms with Crippen molar-refractivity contribution in [3.63, 3.8) is 0 Å². The molecule has 0 aliphatic carbocycles. The van der Waals surface area contributed by atoms with Gasteiger partial charge in [-0.25, -0.2) is 0 Å². The molecule has 0 aromatic carbocycles. The van der Waals surface area contributed by atoms with Crippen LogP contribution in [0.15, 0.2) is 12.1 Å². The third-order valence-corrected chi connectivity index (χ3v) is 3.85. The first kappa shape index (κ1) is 9.19. The van der Waals surface area contributed by atoms with Gasteiger partial charge in [-0.2, -0.15) is 0 Å². The Morgan fingerprint density at radius 2 is 2.31 bits per heavy atom. The molecule has 1 saturated heterocycles. The van der Waals surface area contributed by atoms with Crippen molar-refractivity contribution in [2.75, 3.05) is 13.2 Å². The third-order valence-electron chi connectivity index (χ3n) is 2.42. The normalized spacial score (nSPS) is 19.5. The minimum atomic E-state index is -0.391. The van der Waals surface area contributed by atoms with E-state index in [1.54, 1.807) is 6.92 Å². The smallest absolute Gasteiger partial charge is 0.145 e. The monoisotopic (exact) mass is 216 g/mol. The maximum Gasteiger partial charge on any atom is 0.145 e. The Morgan fingerprint density at radius 1 is 1.62 bits per heavy atom. The van der Waals surface area contributed by atoms with Crippen LogP contribution in [0.5, 0.6) is 0 Å². The molecule has 0 spiro atoms. The molecule has 2 heterocycles. The molecular weight excluding hydrogens is 208 g/mol. The Balaban J connectivity index is 2.37. The number of carbonyl (C=O) groups excluding carboxylic acids is 1. The Labute approximate surface area is 85.5 Å². The highest BCUT2D eigenvalue weighted by Crippen LogP contribution is 2.38. The summed E-state index contributed by atoms with van der Waals surface area (Å²) in [4.78, 5) is 12.5. The molecule has 0 N–H and O–H groups in total. The van der Waals surface area contributed by atoms with Gasteiger partial charge in [-0.3, -0.25) is 4.79 Å². The van der Waals surface area contributed by atoms with Crippen molar-refractivity contribution >= 4 is 28.7 Å². The average molecular weight is 217 g/mol. The lowest BCUT2D eigenvalue weighted by Crippen LogP contribution is -2.51. The van der Waals surface area contributed by atoms with Crippen LogP contribution in [0.3, 0.4) is 0 Å². The lowest BCUT2D eigenvalue weighted by atomic mass is 9.80. The van der Waals surface area contributed by atoms with Gasteiger partial charge in [-0.15, -0.1) is 11.3 Å². The van der Waals surface area contributed by atoms with E-state index in [0.717, 1.165) is 9.21 Å². The van der Waals surface area contributed by atoms with Crippen LogP contribution in [0.2, 0.25) is 4.34 Å². The van der Waals surface area contributed by atoms with Gasteiger partial charge in [0.25, 0.3) is 0 Å². The number of thiophene rings is 1. The second-order valence-corrected chi connectivity index (χ2v) is 4.95. The Hall–Kier alpha value is -0.380. The van der Waals surface area contributed by atoms with Crippen molar-refractivity contribution in [2.45, 2.75) is 12.3 Å². The van der Waals surface area contributed by atoms with Gasteiger partial charge in [0.15, 0.2) is 0 Å². The van der Waals surface area contributed by atoms with Crippen LogP contribution in [0, 0.1) is 0 Å². The first-order valence-electron chi connectivity index (χ1n) is 4.00. The zero-order valence-electron chi connectivity index (χ0n) is 7.17. The van der Waals surface area contributed by atoms with Gasteiger partial charge in [0, 0.05) is 4.88 Å². The van der Waals surface area contributed by atoms with Crippen LogP contribution in [0.25, 0.3) is 0 Å². The van der Waals surface area contributed by atoms with Crippen LogP contribution in [0.4, 0.5) is 0 Å². The van der Waals surface area contributed by atoms with Gasteiger partial charge in [0.05, 0.1) is 17.6 Å². The third kappa shape index (κ3) is 1.31. The van der Waals surface area contributed by atoms with E-state index in [1.807, 2.05) is 12.1 Å². The first-order chi connectivity index (χ1) is 6.15. The molecule has 1 aliphatic heterocycles. The number of hydrogen-bond acceptors (Lipinski definition) is 3. The zero-order valence-corrected chi connectivity index (χ0v) is 8.74. The van der Waals surface area contributed by atoms with E-state index in [9.17, 15) is 4.79 Å². The van der Waals surface area contributed by atoms with Crippen molar-refractivity contribution in [1.29, 1.82) is 0 Å². The molecule has 1 aromatic heterocycles. The van der Waals surface area contributed by atoms with Gasteiger partial charge in [0.1, 0.15) is 11.2 Å². The van der Waals surface area contributed by atoms with Gasteiger partial charge in [0.2, 0.25) is 0 Å². The molecule has 2 rings (SSSR count). The van der Waals surface area contributed by atoms with Gasteiger partial charge < -0.3 is 4.74 Å². The Morgan fingerprint density at radius 3 is 2.62 bits per heavy atom. The zero-order chi connectivity index (χ0) is 9.47. The molecule has 4 heteroatoms. The molecule has 0 saturated carbocycles. The van der Waals surface area contributed by atoms with E-state index in [0.29, 0.717) is 13.2 Å². The van der Waals surface area contributed by atoms with Crippen molar-refractivity contribution < 1.29 is 9.53 Å². The summed E-state index contributed by atoms with van der Waals surface area (Å²) in [5, 5.41) is 0. The predicted molar refractivity (Wildman–Crippen MR) is 52.5 cm³/mol. The first-order valence-corrected chi connectivity index (χ1v) is 5.19. The number of hydrogen-bond donors (Lipinski definition) is 0. The molecule has 0 atom stereocenters. The highest BCUT2D eigenvalue weighted by molar-refractivity contribution is 7.16. The Kier molecular flexibility index (Phi) is 2.18. The fraction of sp³-hybridized carbons (Fsp3) is 0.444. The molecule has 0 bridgehead atoms. The average Bonchev–Trinajstić information content (AvgIpc) is 2.32. The standard InChI is InChI=1S/C9H9ClO2S/c1-6(11)9(4-12-5-9)7-2-3-8(10)13-7/h2-3H,4-5H2,1H3. The summed E-state index contributed by atoms with van der Waals surface area (Å²) in [7, 11) is 0. The van der Waals surface area contributed by atoms with Crippen molar-refractivity contribution in [3.8, 4) is 0 Å². The molecular formula is C9H9ClO2S. The van der Waals surface area contributed by atoms with Crippen molar-refractivity contribution in [1.82, 2.24) is 0 Å². The maximum absolute atomic E-state index is 11.4. The topological polar surface area (TPSA) is 26.3 Å². The molecule has 1 fully saturated rings. The molecule has 13 heavy (non-hydrogen) atoms. The van der Waals surface area contributed by atoms with Crippen LogP contribution < -0.4 is 0 Å². The largest absolute Gasteiger partial charge is 0.378 e. The highest BCUT2D eigenvalue weighted by atomic mass is 35.5. The summed E-state index contributed by atoms with van der Waals surface area (Å²) in [5.74, 6) is 0.164. The van der Waals surface area contributed by atoms with E-state index in [4.69, 9.17) is 16.3 Å². The quantitative estimate of drug-likeness (QED) is 0.758. The number of halogens is 1. The second-order valence-electron chi connectivity index (χ2n) is 3.23. The summed E-state index contributed by atoms with van der Waals surface area (Å²) < 4.78 is 5.83. The molecule has 0 radical (unpaired) electrons. The summed E-state index contributed by atoms with van der Waals surface area (Å²) in [6.07, 6.45) is 0. The van der Waals surface area contributed by atoms with Crippen LogP contribution in [0.1, 0.15) is 11.8 Å². The van der Waals surface area contributed by atoms with Crippen LogP contribution in [-0.4, -0.2) is 19.0 Å². The highest BCUT2D eigenvalue weighted by Gasteiger charge is 2.45. The summed E-state index contributed by atoms with van der Waals surface area (Å²) in [6, 6.07) is 3.74. The molecule has 1 aromatic rings. The fourth-order valence-corrected chi connectivity index (χ4v) is 2.65. The number of ether oxygens (including phenoxy) is 1. The molecule has 2 nitrogen and oxygen atoms in total. The SMILES string of the molecule is CC(=O)C1(c2ccc(Cl)s2)COC1. The number of ketones is 1. The van der Waals surface area contributed by atoms with Gasteiger partial charge in [-0.05, 0) is 19.1 Å². The fourth-order valence-electron chi connectivity index (χ4n) is 1.40. The number of carbonyl (C=O) groups is 1. The van der Waals surface area contributed by atoms with Crippen molar-refractivity contribution in [3.05, 3.63) is 21.3 Å². The number of Topliss-reactive ketones (excluding diaryl/α,β-unsaturated/α-hetero) is 1. The van der Waals surface area contributed by atoms with E-state index in [2.05, 4.69) is 0 Å². The van der Waals surface area contributed by atoms with E-state index < -0.39 is 5.41 Å². The molecule has 1 aliphatic rings. The molecule has 70 valence electrons. The maximum atomic E-state index is 11.4. The van der Waals surface area contributed by atoms with Crippen LogP contribution >= 0.6 is 22.9 Å². The lowest BCUT2D eigenvalue weighted by molar-refractivity contribution is -0.140. The van der Waals surface area contributed by atoms with Crippen molar-refractivity contribution in [2.24, 2.45) is 0 Å². The van der Waals surface area contributed by atoms with E-state index in [-0.39, 0.29) is 5.78 Å². The summed E-state index contributed by atoms with van der Waals surface area (Å²) in [5.41, 5.74) is -0.391. The van der Waals surface area contributed by atoms with Gasteiger partial charge >= 0.3 is 0 Å². The minimum absolute atomic E-state index is 0.164. The molecule has 0 amide bonds. The second kappa shape index (κ2) is 3.08. The predicted octanol–water partition coefficient (Wildman–Crippen LogP) is 2.26. The molecule has 0 unspecified atom stereocenters. The number of rotatable bonds is 2. The van der Waals surface area contributed by atoms with E-state index in [1.165, 1.54) is 11.3 Å². The van der Waals surface area contributed by atoms with Crippen LogP contribution in [-0.2, 0) is 14.9 Å². The minimum Gasteiger partial charge on any atom is -0.378 e. The summed E-state index contributed by atoms with van der Waals surface area (Å²) in [6.45, 7) is 2.61.